The van der Waals surface area contributed by atoms with Crippen LogP contribution in [-0.4, -0.2) is 0 Å². The summed E-state index contributed by atoms with van der Waals surface area (Å²) in [7, 11) is 0. The van der Waals surface area contributed by atoms with Crippen molar-refractivity contribution < 1.29 is 4.42 Å². The molecule has 0 amide bonds. The van der Waals surface area contributed by atoms with E-state index < -0.39 is 0 Å². The molecule has 0 aliphatic heterocycles. The second-order valence-corrected chi connectivity index (χ2v) is 7.43. The van der Waals surface area contributed by atoms with Crippen LogP contribution < -0.4 is 0 Å². The number of rotatable bonds is 1. The van der Waals surface area contributed by atoms with Gasteiger partial charge in [-0.05, 0) is 53.1 Å². The Balaban J connectivity index is 1.86. The van der Waals surface area contributed by atoms with Crippen molar-refractivity contribution in [3.8, 4) is 9.75 Å². The van der Waals surface area contributed by atoms with E-state index in [4.69, 9.17) is 4.42 Å². The molecule has 0 N–H and O–H groups in total. The molecular formula is C18H12OS2. The Bertz CT molecular complexity index is 897. The van der Waals surface area contributed by atoms with E-state index in [1.54, 1.807) is 0 Å². The molecule has 3 heteroatoms. The van der Waals surface area contributed by atoms with E-state index in [9.17, 15) is 0 Å². The van der Waals surface area contributed by atoms with Crippen LogP contribution in [0.4, 0.5) is 0 Å². The topological polar surface area (TPSA) is 13.1 Å². The van der Waals surface area contributed by atoms with Crippen molar-refractivity contribution in [3.63, 3.8) is 0 Å². The molecular weight excluding hydrogens is 296 g/mol. The molecule has 1 aromatic carbocycles. The van der Waals surface area contributed by atoms with Gasteiger partial charge in [0, 0.05) is 15.1 Å². The van der Waals surface area contributed by atoms with Gasteiger partial charge in [0.25, 0.3) is 0 Å². The molecule has 21 heavy (non-hydrogen) atoms. The Hall–Kier alpha value is -1.84. The van der Waals surface area contributed by atoms with E-state index in [0.29, 0.717) is 0 Å². The lowest BCUT2D eigenvalue weighted by Gasteiger charge is -2.22. The number of fused-ring (bicyclic) bond motifs is 4. The smallest absolute Gasteiger partial charge is 0.134 e. The third-order valence-electron chi connectivity index (χ3n) is 4.53. The molecule has 1 nitrogen and oxygen atoms in total. The molecule has 0 fully saturated rings. The summed E-state index contributed by atoms with van der Waals surface area (Å²) in [6, 6.07) is 14.9. The minimum Gasteiger partial charge on any atom is -0.460 e. The third kappa shape index (κ3) is 1.36. The van der Waals surface area contributed by atoms with Crippen molar-refractivity contribution in [2.75, 3.05) is 0 Å². The van der Waals surface area contributed by atoms with Gasteiger partial charge in [0.15, 0.2) is 0 Å². The predicted molar refractivity (Wildman–Crippen MR) is 89.4 cm³/mol. The minimum absolute atomic E-state index is 0.163. The SMILES string of the molecule is CC1(c2cc3ccccc3o2)c2ccsc2-c2sccc21. The Morgan fingerprint density at radius 2 is 1.57 bits per heavy atom. The van der Waals surface area contributed by atoms with Crippen molar-refractivity contribution in [2.24, 2.45) is 0 Å². The van der Waals surface area contributed by atoms with E-state index in [2.05, 4.69) is 48.0 Å². The highest BCUT2D eigenvalue weighted by Gasteiger charge is 2.44. The van der Waals surface area contributed by atoms with Crippen molar-refractivity contribution in [1.29, 1.82) is 0 Å². The highest BCUT2D eigenvalue weighted by atomic mass is 32.1. The molecule has 3 aromatic heterocycles. The van der Waals surface area contributed by atoms with Crippen LogP contribution in [-0.2, 0) is 5.41 Å². The van der Waals surface area contributed by atoms with Gasteiger partial charge < -0.3 is 4.42 Å². The molecule has 0 spiro atoms. The molecule has 0 atom stereocenters. The summed E-state index contributed by atoms with van der Waals surface area (Å²) in [6.07, 6.45) is 0. The van der Waals surface area contributed by atoms with Crippen LogP contribution in [0, 0.1) is 0 Å². The maximum absolute atomic E-state index is 6.22. The van der Waals surface area contributed by atoms with Gasteiger partial charge >= 0.3 is 0 Å². The van der Waals surface area contributed by atoms with E-state index in [-0.39, 0.29) is 5.41 Å². The molecule has 0 bridgehead atoms. The molecule has 102 valence electrons. The molecule has 0 unspecified atom stereocenters. The number of hydrogen-bond donors (Lipinski definition) is 0. The Kier molecular flexibility index (Phi) is 2.17. The first-order valence-corrected chi connectivity index (χ1v) is 8.70. The number of thiophene rings is 2. The first-order valence-electron chi connectivity index (χ1n) is 6.94. The number of benzene rings is 1. The maximum Gasteiger partial charge on any atom is 0.134 e. The summed E-state index contributed by atoms with van der Waals surface area (Å²) in [4.78, 5) is 2.81. The van der Waals surface area contributed by atoms with Gasteiger partial charge in [-0.2, -0.15) is 0 Å². The average molecular weight is 308 g/mol. The fourth-order valence-electron chi connectivity index (χ4n) is 3.40. The van der Waals surface area contributed by atoms with Crippen molar-refractivity contribution in [3.05, 3.63) is 70.1 Å². The first-order chi connectivity index (χ1) is 10.3. The second kappa shape index (κ2) is 3.87. The Morgan fingerprint density at radius 3 is 2.24 bits per heavy atom. The largest absolute Gasteiger partial charge is 0.460 e. The number of hydrogen-bond acceptors (Lipinski definition) is 3. The van der Waals surface area contributed by atoms with Crippen LogP contribution in [0.15, 0.2) is 57.6 Å². The van der Waals surface area contributed by atoms with Crippen LogP contribution in [0.1, 0.15) is 23.8 Å². The number of para-hydroxylation sites is 1. The standard InChI is InChI=1S/C18H12OS2/c1-18(15-10-11-4-2-3-5-14(11)19-15)12-6-8-20-16(12)17-13(18)7-9-21-17/h2-10H,1H3. The third-order valence-corrected chi connectivity index (χ3v) is 6.53. The zero-order chi connectivity index (χ0) is 14.0. The van der Waals surface area contributed by atoms with Crippen LogP contribution in [0.25, 0.3) is 20.7 Å². The van der Waals surface area contributed by atoms with Crippen molar-refractivity contribution in [1.82, 2.24) is 0 Å². The molecule has 1 aliphatic rings. The van der Waals surface area contributed by atoms with E-state index in [0.717, 1.165) is 11.3 Å². The van der Waals surface area contributed by atoms with Gasteiger partial charge in [-0.15, -0.1) is 22.7 Å². The Labute approximate surface area is 130 Å². The maximum atomic E-state index is 6.22. The number of furan rings is 1. The lowest BCUT2D eigenvalue weighted by atomic mass is 9.79. The molecule has 0 saturated heterocycles. The van der Waals surface area contributed by atoms with Crippen LogP contribution in [0.5, 0.6) is 0 Å². The normalized spacial score (nSPS) is 15.3. The summed E-state index contributed by atoms with van der Waals surface area (Å²) in [5.41, 5.74) is 3.57. The quantitative estimate of drug-likeness (QED) is 0.427. The van der Waals surface area contributed by atoms with Crippen LogP contribution in [0.3, 0.4) is 0 Å². The highest BCUT2D eigenvalue weighted by molar-refractivity contribution is 7.21. The lowest BCUT2D eigenvalue weighted by Crippen LogP contribution is -2.20. The van der Waals surface area contributed by atoms with Gasteiger partial charge in [0.05, 0.1) is 5.41 Å². The van der Waals surface area contributed by atoms with Crippen LogP contribution in [0.2, 0.25) is 0 Å². The Morgan fingerprint density at radius 1 is 0.905 bits per heavy atom. The molecule has 3 heterocycles. The summed E-state index contributed by atoms with van der Waals surface area (Å²) in [5, 5.41) is 5.55. The van der Waals surface area contributed by atoms with Crippen LogP contribution >= 0.6 is 22.7 Å². The van der Waals surface area contributed by atoms with Gasteiger partial charge in [0.1, 0.15) is 11.3 Å². The van der Waals surface area contributed by atoms with Gasteiger partial charge in [-0.25, -0.2) is 0 Å². The van der Waals surface area contributed by atoms with Gasteiger partial charge in [-0.3, -0.25) is 0 Å². The molecule has 1 aliphatic carbocycles. The van der Waals surface area contributed by atoms with Gasteiger partial charge in [0.2, 0.25) is 0 Å². The average Bonchev–Trinajstić information content (AvgIpc) is 3.22. The molecule has 0 saturated carbocycles. The fraction of sp³-hybridized carbons (Fsp3) is 0.111. The van der Waals surface area contributed by atoms with Gasteiger partial charge in [-0.1, -0.05) is 18.2 Å². The zero-order valence-corrected chi connectivity index (χ0v) is 13.1. The summed E-state index contributed by atoms with van der Waals surface area (Å²) < 4.78 is 6.22. The highest BCUT2D eigenvalue weighted by Crippen LogP contribution is 2.56. The fourth-order valence-corrected chi connectivity index (χ4v) is 5.60. The zero-order valence-electron chi connectivity index (χ0n) is 11.4. The monoisotopic (exact) mass is 308 g/mol. The predicted octanol–water partition coefficient (Wildman–Crippen LogP) is 5.89. The summed E-state index contributed by atoms with van der Waals surface area (Å²) >= 11 is 3.66. The summed E-state index contributed by atoms with van der Waals surface area (Å²) in [5.74, 6) is 1.04. The van der Waals surface area contributed by atoms with Crippen molar-refractivity contribution >= 4 is 33.6 Å². The van der Waals surface area contributed by atoms with E-state index >= 15 is 0 Å². The minimum atomic E-state index is -0.163. The van der Waals surface area contributed by atoms with E-state index in [1.807, 2.05) is 34.8 Å². The lowest BCUT2D eigenvalue weighted by molar-refractivity contribution is 0.480. The van der Waals surface area contributed by atoms with Crippen molar-refractivity contribution in [2.45, 2.75) is 12.3 Å². The summed E-state index contributed by atoms with van der Waals surface area (Å²) in [6.45, 7) is 2.29. The molecule has 5 rings (SSSR count). The molecule has 0 radical (unpaired) electrons. The second-order valence-electron chi connectivity index (χ2n) is 5.60. The first kappa shape index (κ1) is 11.8. The van der Waals surface area contributed by atoms with E-state index in [1.165, 1.54) is 26.3 Å². The molecule has 4 aromatic rings.